The largest absolute Gasteiger partial charge is 0.416 e. The average Bonchev–Trinajstić information content (AvgIpc) is 2.54. The van der Waals surface area contributed by atoms with Crippen LogP contribution in [0.15, 0.2) is 53.6 Å². The van der Waals surface area contributed by atoms with Crippen LogP contribution in [-0.4, -0.2) is 17.0 Å². The van der Waals surface area contributed by atoms with Gasteiger partial charge in [-0.05, 0) is 42.0 Å². The molecular formula is C15H10F3N3O3. The average molecular weight is 337 g/mol. The van der Waals surface area contributed by atoms with Gasteiger partial charge in [-0.1, -0.05) is 0 Å². The van der Waals surface area contributed by atoms with Gasteiger partial charge in [0.25, 0.3) is 11.6 Å². The van der Waals surface area contributed by atoms with Crippen LogP contribution < -0.4 is 5.43 Å². The monoisotopic (exact) mass is 337 g/mol. The van der Waals surface area contributed by atoms with Crippen LogP contribution in [0.5, 0.6) is 0 Å². The second kappa shape index (κ2) is 6.90. The van der Waals surface area contributed by atoms with E-state index >= 15 is 0 Å². The van der Waals surface area contributed by atoms with Gasteiger partial charge in [0.1, 0.15) is 0 Å². The predicted molar refractivity (Wildman–Crippen MR) is 79.6 cm³/mol. The van der Waals surface area contributed by atoms with E-state index in [1.54, 1.807) is 0 Å². The molecule has 124 valence electrons. The van der Waals surface area contributed by atoms with Gasteiger partial charge in [-0.3, -0.25) is 14.9 Å². The van der Waals surface area contributed by atoms with Gasteiger partial charge < -0.3 is 0 Å². The molecule has 0 heterocycles. The lowest BCUT2D eigenvalue weighted by atomic mass is 10.1. The van der Waals surface area contributed by atoms with E-state index in [0.29, 0.717) is 5.56 Å². The van der Waals surface area contributed by atoms with Gasteiger partial charge in [-0.2, -0.15) is 18.3 Å². The van der Waals surface area contributed by atoms with E-state index < -0.39 is 22.6 Å². The van der Waals surface area contributed by atoms with Crippen molar-refractivity contribution in [1.29, 1.82) is 0 Å². The van der Waals surface area contributed by atoms with Crippen molar-refractivity contribution in [2.45, 2.75) is 6.18 Å². The molecule has 24 heavy (non-hydrogen) atoms. The first-order valence-electron chi connectivity index (χ1n) is 6.52. The maximum atomic E-state index is 12.4. The Bertz CT molecular complexity index is 769. The van der Waals surface area contributed by atoms with Crippen LogP contribution in [0, 0.1) is 10.1 Å². The number of rotatable bonds is 4. The van der Waals surface area contributed by atoms with Crippen LogP contribution in [0.2, 0.25) is 0 Å². The molecule has 0 spiro atoms. The summed E-state index contributed by atoms with van der Waals surface area (Å²) in [5.74, 6) is -0.679. The van der Waals surface area contributed by atoms with E-state index in [4.69, 9.17) is 0 Å². The summed E-state index contributed by atoms with van der Waals surface area (Å²) < 4.78 is 37.3. The number of hydrogen-bond acceptors (Lipinski definition) is 4. The fourth-order valence-electron chi connectivity index (χ4n) is 1.72. The van der Waals surface area contributed by atoms with Gasteiger partial charge in [0, 0.05) is 17.7 Å². The lowest BCUT2D eigenvalue weighted by Crippen LogP contribution is -2.18. The molecule has 0 aliphatic rings. The number of alkyl halides is 3. The number of amides is 1. The number of benzene rings is 2. The van der Waals surface area contributed by atoms with Gasteiger partial charge in [-0.15, -0.1) is 0 Å². The van der Waals surface area contributed by atoms with E-state index in [0.717, 1.165) is 24.3 Å². The highest BCUT2D eigenvalue weighted by molar-refractivity contribution is 5.94. The van der Waals surface area contributed by atoms with Gasteiger partial charge in [0.15, 0.2) is 0 Å². The fourth-order valence-corrected chi connectivity index (χ4v) is 1.72. The number of nitro benzene ring substituents is 1. The Morgan fingerprint density at radius 2 is 1.67 bits per heavy atom. The molecule has 0 unspecified atom stereocenters. The zero-order valence-corrected chi connectivity index (χ0v) is 11.9. The topological polar surface area (TPSA) is 84.6 Å². The van der Waals surface area contributed by atoms with E-state index in [-0.39, 0.29) is 11.3 Å². The number of non-ortho nitro benzene ring substituents is 1. The molecule has 6 nitrogen and oxygen atoms in total. The van der Waals surface area contributed by atoms with Crippen LogP contribution in [0.1, 0.15) is 21.5 Å². The highest BCUT2D eigenvalue weighted by Crippen LogP contribution is 2.29. The summed E-state index contributed by atoms with van der Waals surface area (Å²) in [6.45, 7) is 0. The first kappa shape index (κ1) is 17.1. The van der Waals surface area contributed by atoms with Crippen molar-refractivity contribution in [1.82, 2.24) is 5.43 Å². The zero-order valence-electron chi connectivity index (χ0n) is 11.9. The Balaban J connectivity index is 1.98. The van der Waals surface area contributed by atoms with Gasteiger partial charge >= 0.3 is 6.18 Å². The third-order valence-corrected chi connectivity index (χ3v) is 2.96. The lowest BCUT2D eigenvalue weighted by molar-refractivity contribution is -0.384. The Morgan fingerprint density at radius 1 is 1.08 bits per heavy atom. The molecule has 0 saturated heterocycles. The highest BCUT2D eigenvalue weighted by Gasteiger charge is 2.30. The van der Waals surface area contributed by atoms with Crippen molar-refractivity contribution < 1.29 is 22.9 Å². The number of nitrogens with zero attached hydrogens (tertiary/aromatic N) is 2. The number of hydrogen-bond donors (Lipinski definition) is 1. The van der Waals surface area contributed by atoms with Gasteiger partial charge in [0.05, 0.1) is 16.7 Å². The minimum absolute atomic E-state index is 0.0175. The molecule has 0 bridgehead atoms. The third kappa shape index (κ3) is 4.38. The molecule has 0 radical (unpaired) electrons. The Kier molecular flexibility index (Phi) is 4.93. The predicted octanol–water partition coefficient (Wildman–Crippen LogP) is 3.38. The summed E-state index contributed by atoms with van der Waals surface area (Å²) in [5, 5.41) is 14.1. The summed E-state index contributed by atoms with van der Waals surface area (Å²) >= 11 is 0. The minimum atomic E-state index is -4.47. The molecule has 2 aromatic rings. The van der Waals surface area contributed by atoms with E-state index in [1.165, 1.54) is 30.5 Å². The Labute approximate surface area is 133 Å². The summed E-state index contributed by atoms with van der Waals surface area (Å²) in [4.78, 5) is 21.7. The smallest absolute Gasteiger partial charge is 0.267 e. The molecule has 0 aromatic heterocycles. The number of nitrogens with one attached hydrogen (secondary N) is 1. The molecular weight excluding hydrogens is 327 g/mol. The molecule has 0 aliphatic carbocycles. The summed E-state index contributed by atoms with van der Waals surface area (Å²) in [6, 6.07) is 9.11. The van der Waals surface area contributed by atoms with Crippen LogP contribution in [0.25, 0.3) is 0 Å². The fraction of sp³-hybridized carbons (Fsp3) is 0.0667. The van der Waals surface area contributed by atoms with E-state index in [1.807, 2.05) is 0 Å². The Hall–Kier alpha value is -3.23. The molecule has 0 fully saturated rings. The molecule has 2 aromatic carbocycles. The number of carbonyl (C=O) groups excluding carboxylic acids is 1. The molecule has 0 saturated carbocycles. The number of halogens is 3. The minimum Gasteiger partial charge on any atom is -0.267 e. The number of nitro groups is 1. The lowest BCUT2D eigenvalue weighted by Gasteiger charge is -2.06. The van der Waals surface area contributed by atoms with Gasteiger partial charge in [-0.25, -0.2) is 5.43 Å². The van der Waals surface area contributed by atoms with E-state index in [9.17, 15) is 28.1 Å². The SMILES string of the molecule is O=C(N/N=C/c1ccc([N+](=O)[O-])cc1)c1ccc(C(F)(F)F)cc1. The second-order valence-electron chi connectivity index (χ2n) is 4.62. The molecule has 0 aliphatic heterocycles. The quantitative estimate of drug-likeness (QED) is 0.527. The van der Waals surface area contributed by atoms with Crippen molar-refractivity contribution >= 4 is 17.8 Å². The molecule has 1 amide bonds. The highest BCUT2D eigenvalue weighted by atomic mass is 19.4. The van der Waals surface area contributed by atoms with Crippen molar-refractivity contribution in [2.24, 2.45) is 5.10 Å². The second-order valence-corrected chi connectivity index (χ2v) is 4.62. The maximum Gasteiger partial charge on any atom is 0.416 e. The van der Waals surface area contributed by atoms with Crippen LogP contribution in [0.3, 0.4) is 0 Å². The summed E-state index contributed by atoms with van der Waals surface area (Å²) in [5.41, 5.74) is 1.75. The molecule has 0 atom stereocenters. The first-order chi connectivity index (χ1) is 11.3. The van der Waals surface area contributed by atoms with Crippen molar-refractivity contribution in [3.8, 4) is 0 Å². The van der Waals surface area contributed by atoms with Crippen LogP contribution in [0.4, 0.5) is 18.9 Å². The van der Waals surface area contributed by atoms with E-state index in [2.05, 4.69) is 10.5 Å². The molecule has 2 rings (SSSR count). The molecule has 9 heteroatoms. The van der Waals surface area contributed by atoms with Crippen LogP contribution >= 0.6 is 0 Å². The standard InChI is InChI=1S/C15H10F3N3O3/c16-15(17,18)12-5-3-11(4-6-12)14(22)20-19-9-10-1-7-13(8-2-10)21(23)24/h1-9H,(H,20,22)/b19-9+. The van der Waals surface area contributed by atoms with Gasteiger partial charge in [0.2, 0.25) is 0 Å². The summed E-state index contributed by atoms with van der Waals surface area (Å²) in [7, 11) is 0. The van der Waals surface area contributed by atoms with Crippen molar-refractivity contribution in [2.75, 3.05) is 0 Å². The maximum absolute atomic E-state index is 12.4. The zero-order chi connectivity index (χ0) is 17.7. The first-order valence-corrected chi connectivity index (χ1v) is 6.52. The molecule has 1 N–H and O–H groups in total. The number of hydrazone groups is 1. The number of carbonyl (C=O) groups is 1. The van der Waals surface area contributed by atoms with Crippen molar-refractivity contribution in [3.05, 3.63) is 75.3 Å². The van der Waals surface area contributed by atoms with Crippen molar-refractivity contribution in [3.63, 3.8) is 0 Å². The third-order valence-electron chi connectivity index (χ3n) is 2.96. The normalized spacial score (nSPS) is 11.5. The summed E-state index contributed by atoms with van der Waals surface area (Å²) in [6.07, 6.45) is -3.21. The Morgan fingerprint density at radius 3 is 2.17 bits per heavy atom. The van der Waals surface area contributed by atoms with Crippen LogP contribution in [-0.2, 0) is 6.18 Å².